The van der Waals surface area contributed by atoms with Crippen molar-refractivity contribution in [2.45, 2.75) is 19.8 Å². The Morgan fingerprint density at radius 2 is 2.10 bits per heavy atom. The molecule has 0 radical (unpaired) electrons. The predicted octanol–water partition coefficient (Wildman–Crippen LogP) is 1.99. The van der Waals surface area contributed by atoms with Crippen molar-refractivity contribution < 1.29 is 23.5 Å². The lowest BCUT2D eigenvalue weighted by Gasteiger charge is -2.25. The zero-order valence-corrected chi connectivity index (χ0v) is 11.5. The molecule has 5 nitrogen and oxygen atoms in total. The van der Waals surface area contributed by atoms with Crippen LogP contribution in [-0.4, -0.2) is 30.1 Å². The molecule has 1 amide bonds. The van der Waals surface area contributed by atoms with Gasteiger partial charge in [0.25, 0.3) is 0 Å². The molecule has 0 aliphatic carbocycles. The largest absolute Gasteiger partial charge is 0.478 e. The Balaban J connectivity index is 2.29. The van der Waals surface area contributed by atoms with Crippen molar-refractivity contribution in [1.29, 1.82) is 0 Å². The molecule has 1 saturated heterocycles. The smallest absolute Gasteiger partial charge is 0.338 e. The number of nitrogens with one attached hydrogen (secondary N) is 2. The van der Waals surface area contributed by atoms with Gasteiger partial charge < -0.3 is 15.7 Å². The van der Waals surface area contributed by atoms with Crippen LogP contribution in [0.4, 0.5) is 14.5 Å². The number of carbonyl (C=O) groups is 2. The Labute approximate surface area is 120 Å². The molecule has 2 rings (SSSR count). The Bertz CT molecular complexity index is 584. The molecule has 3 N–H and O–H groups in total. The Morgan fingerprint density at radius 1 is 1.38 bits per heavy atom. The van der Waals surface area contributed by atoms with Gasteiger partial charge in [-0.3, -0.25) is 4.79 Å². The standard InChI is InChI=1S/C14H16F2N2O3/c1-2-14(3-4-17-7-14)13(21)18-11-5-8(12(19)20)9(15)6-10(11)16/h5-6,17H,2-4,7H2,1H3,(H,18,21)(H,19,20). The minimum atomic E-state index is -1.52. The van der Waals surface area contributed by atoms with Crippen molar-refractivity contribution >= 4 is 17.6 Å². The van der Waals surface area contributed by atoms with Crippen LogP contribution in [0.3, 0.4) is 0 Å². The average Bonchev–Trinajstić information content (AvgIpc) is 2.91. The second-order valence-corrected chi connectivity index (χ2v) is 5.13. The highest BCUT2D eigenvalue weighted by Crippen LogP contribution is 2.31. The third-order valence-electron chi connectivity index (χ3n) is 3.94. The van der Waals surface area contributed by atoms with Gasteiger partial charge in [-0.1, -0.05) is 6.92 Å². The number of aromatic carboxylic acids is 1. The monoisotopic (exact) mass is 298 g/mol. The Hall–Kier alpha value is -2.02. The van der Waals surface area contributed by atoms with E-state index in [4.69, 9.17) is 5.11 Å². The molecule has 0 saturated carbocycles. The van der Waals surface area contributed by atoms with Crippen molar-refractivity contribution in [3.8, 4) is 0 Å². The number of benzene rings is 1. The molecule has 7 heteroatoms. The summed E-state index contributed by atoms with van der Waals surface area (Å²) < 4.78 is 27.0. The molecule has 0 spiro atoms. The van der Waals surface area contributed by atoms with Crippen molar-refractivity contribution in [2.75, 3.05) is 18.4 Å². The van der Waals surface area contributed by atoms with E-state index in [1.54, 1.807) is 0 Å². The van der Waals surface area contributed by atoms with Gasteiger partial charge >= 0.3 is 5.97 Å². The summed E-state index contributed by atoms with van der Waals surface area (Å²) in [5, 5.41) is 14.3. The maximum absolute atomic E-state index is 13.7. The molecule has 114 valence electrons. The number of carboxylic acids is 1. The van der Waals surface area contributed by atoms with E-state index >= 15 is 0 Å². The molecular weight excluding hydrogens is 282 g/mol. The lowest BCUT2D eigenvalue weighted by Crippen LogP contribution is -2.37. The van der Waals surface area contributed by atoms with Crippen molar-refractivity contribution in [1.82, 2.24) is 5.32 Å². The maximum Gasteiger partial charge on any atom is 0.338 e. The third-order valence-corrected chi connectivity index (χ3v) is 3.94. The SMILES string of the molecule is CCC1(C(=O)Nc2cc(C(=O)O)c(F)cc2F)CCNC1. The van der Waals surface area contributed by atoms with E-state index in [-0.39, 0.29) is 5.69 Å². The fourth-order valence-electron chi connectivity index (χ4n) is 2.46. The molecular formula is C14H16F2N2O3. The average molecular weight is 298 g/mol. The molecule has 1 fully saturated rings. The van der Waals surface area contributed by atoms with Crippen LogP contribution in [0.5, 0.6) is 0 Å². The van der Waals surface area contributed by atoms with Crippen LogP contribution >= 0.6 is 0 Å². The highest BCUT2D eigenvalue weighted by atomic mass is 19.1. The van der Waals surface area contributed by atoms with Crippen LogP contribution in [0.2, 0.25) is 0 Å². The number of rotatable bonds is 4. The van der Waals surface area contributed by atoms with Crippen LogP contribution < -0.4 is 10.6 Å². The predicted molar refractivity (Wildman–Crippen MR) is 72.2 cm³/mol. The van der Waals surface area contributed by atoms with E-state index in [1.165, 1.54) is 0 Å². The van der Waals surface area contributed by atoms with Crippen LogP contribution in [0.1, 0.15) is 30.1 Å². The molecule has 21 heavy (non-hydrogen) atoms. The van der Waals surface area contributed by atoms with Gasteiger partial charge in [-0.2, -0.15) is 0 Å². The molecule has 1 aliphatic rings. The topological polar surface area (TPSA) is 78.4 Å². The second-order valence-electron chi connectivity index (χ2n) is 5.13. The first-order valence-corrected chi connectivity index (χ1v) is 6.64. The number of hydrogen-bond donors (Lipinski definition) is 3. The molecule has 1 aromatic rings. The highest BCUT2D eigenvalue weighted by Gasteiger charge is 2.39. The lowest BCUT2D eigenvalue weighted by atomic mass is 9.83. The number of carboxylic acid groups (broad SMARTS) is 1. The summed E-state index contributed by atoms with van der Waals surface area (Å²) in [4.78, 5) is 23.2. The van der Waals surface area contributed by atoms with Gasteiger partial charge in [0.2, 0.25) is 5.91 Å². The molecule has 1 aromatic carbocycles. The van der Waals surface area contributed by atoms with Gasteiger partial charge in [-0.25, -0.2) is 13.6 Å². The number of hydrogen-bond acceptors (Lipinski definition) is 3. The summed E-state index contributed by atoms with van der Waals surface area (Å²) in [5.41, 5.74) is -1.65. The molecule has 1 aliphatic heterocycles. The van der Waals surface area contributed by atoms with Gasteiger partial charge in [0.1, 0.15) is 11.6 Å². The number of anilines is 1. The van der Waals surface area contributed by atoms with Crippen LogP contribution in [0, 0.1) is 17.0 Å². The van der Waals surface area contributed by atoms with Gasteiger partial charge in [-0.05, 0) is 25.5 Å². The lowest BCUT2D eigenvalue weighted by molar-refractivity contribution is -0.124. The molecule has 1 unspecified atom stereocenters. The minimum absolute atomic E-state index is 0.321. The van der Waals surface area contributed by atoms with E-state index in [0.29, 0.717) is 32.0 Å². The zero-order valence-electron chi connectivity index (χ0n) is 11.5. The van der Waals surface area contributed by atoms with Crippen LogP contribution in [0.25, 0.3) is 0 Å². The normalized spacial score (nSPS) is 21.3. The summed E-state index contributed by atoms with van der Waals surface area (Å²) in [7, 11) is 0. The van der Waals surface area contributed by atoms with E-state index in [0.717, 1.165) is 6.07 Å². The van der Waals surface area contributed by atoms with Gasteiger partial charge in [0, 0.05) is 12.6 Å². The molecule has 0 aromatic heterocycles. The molecule has 0 bridgehead atoms. The summed E-state index contributed by atoms with van der Waals surface area (Å²) in [5.74, 6) is -4.08. The quantitative estimate of drug-likeness (QED) is 0.794. The first-order chi connectivity index (χ1) is 9.89. The van der Waals surface area contributed by atoms with E-state index < -0.39 is 34.5 Å². The fourth-order valence-corrected chi connectivity index (χ4v) is 2.46. The minimum Gasteiger partial charge on any atom is -0.478 e. The van der Waals surface area contributed by atoms with Gasteiger partial charge in [-0.15, -0.1) is 0 Å². The maximum atomic E-state index is 13.7. The number of amides is 1. The van der Waals surface area contributed by atoms with Crippen molar-refractivity contribution in [3.63, 3.8) is 0 Å². The van der Waals surface area contributed by atoms with Crippen molar-refractivity contribution in [2.24, 2.45) is 5.41 Å². The first kappa shape index (κ1) is 15.4. The highest BCUT2D eigenvalue weighted by molar-refractivity contribution is 5.97. The van der Waals surface area contributed by atoms with Crippen molar-refractivity contribution in [3.05, 3.63) is 29.3 Å². The summed E-state index contributed by atoms with van der Waals surface area (Å²) >= 11 is 0. The Kier molecular flexibility index (Phi) is 4.22. The van der Waals surface area contributed by atoms with E-state index in [2.05, 4.69) is 10.6 Å². The summed E-state index contributed by atoms with van der Waals surface area (Å²) in [6.45, 7) is 3.02. The van der Waals surface area contributed by atoms with Gasteiger partial charge in [0.05, 0.1) is 16.7 Å². The van der Waals surface area contributed by atoms with Crippen LogP contribution in [-0.2, 0) is 4.79 Å². The Morgan fingerprint density at radius 3 is 2.62 bits per heavy atom. The molecule has 1 heterocycles. The fraction of sp³-hybridized carbons (Fsp3) is 0.429. The number of carbonyl (C=O) groups excluding carboxylic acids is 1. The zero-order chi connectivity index (χ0) is 15.6. The van der Waals surface area contributed by atoms with E-state index in [9.17, 15) is 18.4 Å². The van der Waals surface area contributed by atoms with Crippen LogP contribution in [0.15, 0.2) is 12.1 Å². The third kappa shape index (κ3) is 2.87. The second kappa shape index (κ2) is 5.77. The first-order valence-electron chi connectivity index (χ1n) is 6.64. The number of halogens is 2. The van der Waals surface area contributed by atoms with Gasteiger partial charge in [0.15, 0.2) is 0 Å². The summed E-state index contributed by atoms with van der Waals surface area (Å²) in [6.07, 6.45) is 1.18. The van der Waals surface area contributed by atoms with E-state index in [1.807, 2.05) is 6.92 Å². The molecule has 1 atom stereocenters. The summed E-state index contributed by atoms with van der Waals surface area (Å²) in [6, 6.07) is 1.27.